The van der Waals surface area contributed by atoms with Gasteiger partial charge in [0.05, 0.1) is 0 Å². The fourth-order valence-electron chi connectivity index (χ4n) is 0. The number of rotatable bonds is 0. The molecule has 0 aromatic rings. The molecule has 30 valence electrons. The Hall–Kier alpha value is 2.74. The van der Waals surface area contributed by atoms with Crippen molar-refractivity contribution in [1.29, 1.82) is 0 Å². The van der Waals surface area contributed by atoms with E-state index in [0.717, 1.165) is 0 Å². The third-order valence-corrected chi connectivity index (χ3v) is 0. The summed E-state index contributed by atoms with van der Waals surface area (Å²) in [7, 11) is 0. The van der Waals surface area contributed by atoms with Crippen LogP contribution in [0.1, 0.15) is 0 Å². The Bertz CT molecular complexity index is 11.6. The van der Waals surface area contributed by atoms with Crippen molar-refractivity contribution in [2.45, 2.75) is 0 Å². The van der Waals surface area contributed by atoms with Crippen molar-refractivity contribution < 1.29 is 69.8 Å². The molecule has 0 fully saturated rings. The third-order valence-electron chi connectivity index (χ3n) is 0. The van der Waals surface area contributed by atoms with Gasteiger partial charge in [-0.1, -0.05) is 0 Å². The topological polar surface area (TPSA) is 0 Å². The second-order valence-corrected chi connectivity index (χ2v) is 0. The fourth-order valence-corrected chi connectivity index (χ4v) is 0. The summed E-state index contributed by atoms with van der Waals surface area (Å²) in [6.45, 7) is 0. The van der Waals surface area contributed by atoms with Gasteiger partial charge in [-0.3, -0.25) is 0 Å². The molecule has 0 rings (SSSR count). The van der Waals surface area contributed by atoms with Crippen LogP contribution >= 0.6 is 0 Å². The van der Waals surface area contributed by atoms with Crippen LogP contribution in [-0.4, -0.2) is 18.9 Å². The molecule has 2 radical (unpaired) electrons. The molecule has 0 aromatic heterocycles. The summed E-state index contributed by atoms with van der Waals surface area (Å²) >= 11 is 0. The Morgan fingerprint density at radius 2 is 1.00 bits per heavy atom. The summed E-state index contributed by atoms with van der Waals surface area (Å²) in [5.74, 6) is 0. The van der Waals surface area contributed by atoms with Crippen LogP contribution in [0.3, 0.4) is 0 Å². The summed E-state index contributed by atoms with van der Waals surface area (Å²) in [6, 6.07) is 0. The average molecular weight is 246 g/mol. The van der Waals surface area contributed by atoms with E-state index < -0.39 is 0 Å². The van der Waals surface area contributed by atoms with Gasteiger partial charge in [0.15, 0.2) is 0 Å². The van der Waals surface area contributed by atoms with E-state index in [2.05, 4.69) is 0 Å². The van der Waals surface area contributed by atoms with Gasteiger partial charge in [-0.25, -0.2) is 0 Å². The molecule has 0 aliphatic rings. The molecule has 0 bridgehead atoms. The van der Waals surface area contributed by atoms with Crippen molar-refractivity contribution in [3.8, 4) is 0 Å². The van der Waals surface area contributed by atoms with Crippen molar-refractivity contribution >= 4 is 18.9 Å². The Kier molecular flexibility index (Phi) is 277. The van der Waals surface area contributed by atoms with Crippen LogP contribution in [-0.2, 0) is 69.8 Å². The minimum absolute atomic E-state index is 0. The minimum atomic E-state index is 0. The first-order valence-corrected chi connectivity index (χ1v) is 0. The van der Waals surface area contributed by atoms with Crippen molar-refractivity contribution in [2.24, 2.45) is 0 Å². The molecule has 0 spiro atoms. The largest absolute Gasteiger partial charge is 0 e. The van der Waals surface area contributed by atoms with Gasteiger partial charge in [-0.05, 0) is 0 Å². The van der Waals surface area contributed by atoms with E-state index in [0.29, 0.717) is 0 Å². The molecule has 0 atom stereocenters. The summed E-state index contributed by atoms with van der Waals surface area (Å²) in [4.78, 5) is 0. The van der Waals surface area contributed by atoms with Crippen LogP contribution in [0.25, 0.3) is 0 Å². The van der Waals surface area contributed by atoms with Crippen LogP contribution in [0, 0.1) is 0 Å². The molecule has 0 saturated carbocycles. The molecule has 0 nitrogen and oxygen atoms in total. The maximum Gasteiger partial charge on any atom is 0 e. The maximum absolute atomic E-state index is 0. The quantitative estimate of drug-likeness (QED) is 0.498. The molecule has 0 amide bonds. The van der Waals surface area contributed by atoms with Crippen LogP contribution in [0.5, 0.6) is 0 Å². The predicted octanol–water partition coefficient (Wildman–Crippen LogP) is -0.659. The molecule has 0 unspecified atom stereocenters. The zero-order valence-corrected chi connectivity index (χ0v) is 7.91. The molecule has 0 aromatic carbocycles. The zero-order valence-electron chi connectivity index (χ0n) is 1.73. The van der Waals surface area contributed by atoms with E-state index >= 15 is 0 Å². The summed E-state index contributed by atoms with van der Waals surface area (Å²) in [5.41, 5.74) is 0. The Labute approximate surface area is 87.5 Å². The van der Waals surface area contributed by atoms with E-state index in [1.54, 1.807) is 0 Å². The molecule has 0 N–H and O–H groups in total. The first-order valence-electron chi connectivity index (χ1n) is 0. The third kappa shape index (κ3) is 20.2. The monoisotopic (exact) mass is 244 g/mol. The maximum atomic E-state index is 0. The molecule has 5 heteroatoms. The zero-order chi connectivity index (χ0) is 0. The minimum Gasteiger partial charge on any atom is 0 e. The van der Waals surface area contributed by atoms with Gasteiger partial charge >= 0.3 is 18.9 Å². The molecule has 0 heterocycles. The van der Waals surface area contributed by atoms with Crippen LogP contribution in [0.4, 0.5) is 0 Å². The molecule has 5 heavy (non-hydrogen) atoms. The van der Waals surface area contributed by atoms with Gasteiger partial charge < -0.3 is 0 Å². The smallest absolute Gasteiger partial charge is 0 e. The number of hydrogen-bond acceptors (Lipinski definition) is 0. The predicted molar refractivity (Wildman–Crippen MR) is 7.15 cm³/mol. The van der Waals surface area contributed by atoms with Gasteiger partial charge in [0, 0.05) is 69.8 Å². The second kappa shape index (κ2) is 29.6. The van der Waals surface area contributed by atoms with E-state index in [-0.39, 0.29) is 88.7 Å². The standard InChI is InChI=1S/Co.Li.Mn.Ni.Zn.H. The van der Waals surface area contributed by atoms with Crippen molar-refractivity contribution in [3.63, 3.8) is 0 Å². The Balaban J connectivity index is 0. The molecule has 0 aliphatic carbocycles. The van der Waals surface area contributed by atoms with Crippen molar-refractivity contribution in [2.75, 3.05) is 0 Å². The van der Waals surface area contributed by atoms with Crippen LogP contribution < -0.4 is 0 Å². The van der Waals surface area contributed by atoms with Gasteiger partial charge in [0.25, 0.3) is 0 Å². The molecule has 0 aliphatic heterocycles. The van der Waals surface area contributed by atoms with Gasteiger partial charge in [0.2, 0.25) is 0 Å². The molecular weight excluding hydrogens is 245 g/mol. The normalized spacial score (nSPS) is 0. The number of hydrogen-bond donors (Lipinski definition) is 0. The van der Waals surface area contributed by atoms with Gasteiger partial charge in [-0.2, -0.15) is 0 Å². The first kappa shape index (κ1) is 46.8. The van der Waals surface area contributed by atoms with E-state index in [4.69, 9.17) is 0 Å². The second-order valence-electron chi connectivity index (χ2n) is 0. The van der Waals surface area contributed by atoms with Crippen molar-refractivity contribution in [3.05, 3.63) is 0 Å². The fraction of sp³-hybridized carbons (Fsp3) is 0. The van der Waals surface area contributed by atoms with Gasteiger partial charge in [0.1, 0.15) is 0 Å². The molecule has 0 saturated heterocycles. The van der Waals surface area contributed by atoms with Crippen LogP contribution in [0.2, 0.25) is 0 Å². The van der Waals surface area contributed by atoms with Crippen LogP contribution in [0.15, 0.2) is 0 Å². The Morgan fingerprint density at radius 1 is 1.00 bits per heavy atom. The summed E-state index contributed by atoms with van der Waals surface area (Å²) in [5, 5.41) is 0. The summed E-state index contributed by atoms with van der Waals surface area (Å²) in [6.07, 6.45) is 0. The molecular formula is HCoLiMnNiZn. The SMILES string of the molecule is [Co].[LiH].[Mn].[Ni].[Zn]. The van der Waals surface area contributed by atoms with E-state index in [1.165, 1.54) is 0 Å². The van der Waals surface area contributed by atoms with E-state index in [9.17, 15) is 0 Å². The first-order chi connectivity index (χ1) is 0. The average Bonchev–Trinajstić information content (AvgIpc) is 0. The Morgan fingerprint density at radius 3 is 1.00 bits per heavy atom. The van der Waals surface area contributed by atoms with E-state index in [1.807, 2.05) is 0 Å². The van der Waals surface area contributed by atoms with Crippen molar-refractivity contribution in [1.82, 2.24) is 0 Å². The van der Waals surface area contributed by atoms with Gasteiger partial charge in [-0.15, -0.1) is 0 Å². The summed E-state index contributed by atoms with van der Waals surface area (Å²) < 4.78 is 0.